The van der Waals surface area contributed by atoms with Gasteiger partial charge >= 0.3 is 0 Å². The van der Waals surface area contributed by atoms with Crippen molar-refractivity contribution in [2.45, 2.75) is 33.6 Å². The summed E-state index contributed by atoms with van der Waals surface area (Å²) in [5.74, 6) is 2.27. The van der Waals surface area contributed by atoms with Crippen LogP contribution in [-0.4, -0.2) is 47.0 Å². The number of hydrogen-bond acceptors (Lipinski definition) is 5. The molecule has 1 atom stereocenters. The number of nitrogens with zero attached hydrogens (tertiary/aromatic N) is 3. The Kier molecular flexibility index (Phi) is 5.98. The zero-order chi connectivity index (χ0) is 15.9. The van der Waals surface area contributed by atoms with Gasteiger partial charge in [-0.1, -0.05) is 13.8 Å². The molecule has 122 valence electrons. The Morgan fingerprint density at radius 1 is 1.45 bits per heavy atom. The Morgan fingerprint density at radius 2 is 2.27 bits per heavy atom. The summed E-state index contributed by atoms with van der Waals surface area (Å²) >= 11 is 0. The van der Waals surface area contributed by atoms with E-state index in [0.29, 0.717) is 11.9 Å². The second-order valence-electron chi connectivity index (χ2n) is 6.12. The maximum absolute atomic E-state index is 12.1. The van der Waals surface area contributed by atoms with Crippen LogP contribution in [0.4, 0.5) is 11.8 Å². The molecule has 0 spiro atoms. The summed E-state index contributed by atoms with van der Waals surface area (Å²) in [6.45, 7) is 9.33. The molecule has 6 nitrogen and oxygen atoms in total. The largest absolute Gasteiger partial charge is 0.370 e. The van der Waals surface area contributed by atoms with E-state index in [2.05, 4.69) is 20.6 Å². The zero-order valence-corrected chi connectivity index (χ0v) is 13.8. The normalized spacial score (nSPS) is 18.4. The number of nitrogens with one attached hydrogen (secondary N) is 2. The van der Waals surface area contributed by atoms with Gasteiger partial charge in [0.05, 0.1) is 0 Å². The van der Waals surface area contributed by atoms with E-state index in [0.717, 1.165) is 44.8 Å². The van der Waals surface area contributed by atoms with E-state index in [1.54, 1.807) is 6.20 Å². The van der Waals surface area contributed by atoms with Gasteiger partial charge in [-0.3, -0.25) is 4.79 Å². The summed E-state index contributed by atoms with van der Waals surface area (Å²) in [5, 5.41) is 6.48. The van der Waals surface area contributed by atoms with Crippen molar-refractivity contribution >= 4 is 17.7 Å². The summed E-state index contributed by atoms with van der Waals surface area (Å²) < 4.78 is 0. The van der Waals surface area contributed by atoms with Gasteiger partial charge in [-0.25, -0.2) is 4.98 Å². The van der Waals surface area contributed by atoms with Gasteiger partial charge in [-0.15, -0.1) is 0 Å². The molecule has 1 amide bonds. The molecule has 1 aromatic heterocycles. The number of amides is 1. The van der Waals surface area contributed by atoms with Crippen molar-refractivity contribution in [2.24, 2.45) is 11.8 Å². The van der Waals surface area contributed by atoms with Crippen LogP contribution in [0.3, 0.4) is 0 Å². The molecule has 0 aromatic carbocycles. The predicted octanol–water partition coefficient (Wildman–Crippen LogP) is 2.21. The molecule has 2 rings (SSSR count). The summed E-state index contributed by atoms with van der Waals surface area (Å²) in [5.41, 5.74) is 0. The molecule has 0 unspecified atom stereocenters. The Morgan fingerprint density at radius 3 is 3.00 bits per heavy atom. The van der Waals surface area contributed by atoms with Crippen LogP contribution in [0.25, 0.3) is 0 Å². The van der Waals surface area contributed by atoms with Crippen molar-refractivity contribution in [1.29, 1.82) is 0 Å². The van der Waals surface area contributed by atoms with Crippen LogP contribution in [-0.2, 0) is 4.79 Å². The van der Waals surface area contributed by atoms with Gasteiger partial charge < -0.3 is 15.5 Å². The molecule has 22 heavy (non-hydrogen) atoms. The average Bonchev–Trinajstić information content (AvgIpc) is 2.53. The molecule has 0 aliphatic carbocycles. The van der Waals surface area contributed by atoms with Crippen molar-refractivity contribution in [1.82, 2.24) is 14.9 Å². The fourth-order valence-corrected chi connectivity index (χ4v) is 2.76. The number of hydrogen-bond donors (Lipinski definition) is 2. The molecular weight excluding hydrogens is 278 g/mol. The summed E-state index contributed by atoms with van der Waals surface area (Å²) in [6, 6.07) is 1.86. The highest BCUT2D eigenvalue weighted by Gasteiger charge is 2.25. The van der Waals surface area contributed by atoms with E-state index in [9.17, 15) is 4.79 Å². The molecule has 0 saturated carbocycles. The summed E-state index contributed by atoms with van der Waals surface area (Å²) in [7, 11) is 0. The lowest BCUT2D eigenvalue weighted by atomic mass is 9.97. The van der Waals surface area contributed by atoms with E-state index in [1.165, 1.54) is 0 Å². The highest BCUT2D eigenvalue weighted by Crippen LogP contribution is 2.18. The molecule has 2 heterocycles. The number of anilines is 2. The summed E-state index contributed by atoms with van der Waals surface area (Å²) in [6.07, 6.45) is 3.97. The highest BCUT2D eigenvalue weighted by atomic mass is 16.2. The topological polar surface area (TPSA) is 70.2 Å². The third-order valence-corrected chi connectivity index (χ3v) is 3.89. The first kappa shape index (κ1) is 16.5. The fourth-order valence-electron chi connectivity index (χ4n) is 2.76. The van der Waals surface area contributed by atoms with Gasteiger partial charge in [0.25, 0.3) is 0 Å². The maximum Gasteiger partial charge on any atom is 0.225 e. The van der Waals surface area contributed by atoms with Crippen molar-refractivity contribution in [3.05, 3.63) is 12.3 Å². The number of rotatable bonds is 6. The van der Waals surface area contributed by atoms with Gasteiger partial charge in [0, 0.05) is 38.3 Å². The SMILES string of the molecule is CCNc1ccnc(NC[C@H]2CCCN(C(=O)C(C)C)C2)n1. The molecule has 1 aliphatic rings. The Hall–Kier alpha value is -1.85. The first-order chi connectivity index (χ1) is 10.6. The Balaban J connectivity index is 1.86. The first-order valence-electron chi connectivity index (χ1n) is 8.19. The predicted molar refractivity (Wildman–Crippen MR) is 88.8 cm³/mol. The third kappa shape index (κ3) is 4.58. The number of piperidine rings is 1. The minimum Gasteiger partial charge on any atom is -0.370 e. The number of likely N-dealkylation sites (tertiary alicyclic amines) is 1. The smallest absolute Gasteiger partial charge is 0.225 e. The van der Waals surface area contributed by atoms with Crippen molar-refractivity contribution < 1.29 is 4.79 Å². The van der Waals surface area contributed by atoms with Gasteiger partial charge in [0.15, 0.2) is 0 Å². The number of carbonyl (C=O) groups excluding carboxylic acids is 1. The Bertz CT molecular complexity index is 491. The molecule has 6 heteroatoms. The van der Waals surface area contributed by atoms with Crippen LogP contribution in [0.15, 0.2) is 12.3 Å². The van der Waals surface area contributed by atoms with E-state index in [-0.39, 0.29) is 11.8 Å². The van der Waals surface area contributed by atoms with E-state index in [4.69, 9.17) is 0 Å². The van der Waals surface area contributed by atoms with E-state index < -0.39 is 0 Å². The molecule has 1 fully saturated rings. The lowest BCUT2D eigenvalue weighted by Crippen LogP contribution is -2.43. The van der Waals surface area contributed by atoms with Crippen LogP contribution in [0.1, 0.15) is 33.6 Å². The van der Waals surface area contributed by atoms with Crippen molar-refractivity contribution in [3.8, 4) is 0 Å². The summed E-state index contributed by atoms with van der Waals surface area (Å²) in [4.78, 5) is 22.8. The van der Waals surface area contributed by atoms with Gasteiger partial charge in [0.2, 0.25) is 11.9 Å². The molecule has 2 N–H and O–H groups in total. The van der Waals surface area contributed by atoms with Crippen molar-refractivity contribution in [3.63, 3.8) is 0 Å². The average molecular weight is 305 g/mol. The van der Waals surface area contributed by atoms with Crippen LogP contribution in [0, 0.1) is 11.8 Å². The standard InChI is InChI=1S/C16H27N5O/c1-4-17-14-7-8-18-16(20-14)19-10-13-6-5-9-21(11-13)15(22)12(2)3/h7-8,12-13H,4-6,9-11H2,1-3H3,(H2,17,18,19,20)/t13-/m1/s1. The first-order valence-corrected chi connectivity index (χ1v) is 8.19. The second-order valence-corrected chi connectivity index (χ2v) is 6.12. The quantitative estimate of drug-likeness (QED) is 0.843. The van der Waals surface area contributed by atoms with E-state index >= 15 is 0 Å². The lowest BCUT2D eigenvalue weighted by molar-refractivity contribution is -0.136. The molecule has 1 saturated heterocycles. The lowest BCUT2D eigenvalue weighted by Gasteiger charge is -2.34. The third-order valence-electron chi connectivity index (χ3n) is 3.89. The van der Waals surface area contributed by atoms with Gasteiger partial charge in [-0.05, 0) is 31.7 Å². The zero-order valence-electron chi connectivity index (χ0n) is 13.8. The number of carbonyl (C=O) groups is 1. The molecular formula is C16H27N5O. The number of aromatic nitrogens is 2. The van der Waals surface area contributed by atoms with Gasteiger partial charge in [0.1, 0.15) is 5.82 Å². The molecule has 0 radical (unpaired) electrons. The highest BCUT2D eigenvalue weighted by molar-refractivity contribution is 5.78. The minimum absolute atomic E-state index is 0.0758. The van der Waals surface area contributed by atoms with Crippen LogP contribution in [0.5, 0.6) is 0 Å². The fraction of sp³-hybridized carbons (Fsp3) is 0.688. The minimum atomic E-state index is 0.0758. The molecule has 0 bridgehead atoms. The maximum atomic E-state index is 12.1. The van der Waals surface area contributed by atoms with E-state index in [1.807, 2.05) is 31.7 Å². The Labute approximate surface area is 132 Å². The van der Waals surface area contributed by atoms with Crippen LogP contribution in [0.2, 0.25) is 0 Å². The second kappa shape index (κ2) is 7.96. The van der Waals surface area contributed by atoms with Crippen molar-refractivity contribution in [2.75, 3.05) is 36.8 Å². The van der Waals surface area contributed by atoms with Crippen LogP contribution < -0.4 is 10.6 Å². The monoisotopic (exact) mass is 305 g/mol. The molecule has 1 aliphatic heterocycles. The van der Waals surface area contributed by atoms with Gasteiger partial charge in [-0.2, -0.15) is 4.98 Å². The van der Waals surface area contributed by atoms with Crippen LogP contribution >= 0.6 is 0 Å². The molecule has 1 aromatic rings.